The van der Waals surface area contributed by atoms with Crippen LogP contribution in [-0.4, -0.2) is 33.6 Å². The summed E-state index contributed by atoms with van der Waals surface area (Å²) in [4.78, 5) is 0. The minimum absolute atomic E-state index is 0.0449. The highest BCUT2D eigenvalue weighted by Gasteiger charge is 2.65. The Morgan fingerprint density at radius 2 is 1.60 bits per heavy atom. The van der Waals surface area contributed by atoms with E-state index in [0.29, 0.717) is 35.5 Å². The van der Waals surface area contributed by atoms with Crippen molar-refractivity contribution in [1.82, 2.24) is 0 Å². The van der Waals surface area contributed by atoms with E-state index < -0.39 is 0 Å². The number of hydrogen-bond donors (Lipinski definition) is 3. The Morgan fingerprint density at radius 3 is 2.30 bits per heavy atom. The molecule has 0 bridgehead atoms. The van der Waals surface area contributed by atoms with E-state index in [2.05, 4.69) is 34.6 Å². The Bertz CT molecular complexity index is 605. The number of rotatable bonds is 5. The summed E-state index contributed by atoms with van der Waals surface area (Å²) < 4.78 is 0. The molecule has 4 aliphatic carbocycles. The van der Waals surface area contributed by atoms with Crippen molar-refractivity contribution in [2.45, 2.75) is 117 Å². The molecule has 4 saturated carbocycles. The van der Waals surface area contributed by atoms with Gasteiger partial charge >= 0.3 is 0 Å². The molecule has 4 fully saturated rings. The molecule has 30 heavy (non-hydrogen) atoms. The predicted molar refractivity (Wildman–Crippen MR) is 122 cm³/mol. The normalized spacial score (nSPS) is 51.9. The standard InChI is InChI=1S/C27H48O3/c1-16(2)7-6-8-17(3)20-9-10-21-25-22(15-24(30)27(20,21)5)26(4)12-11-19(28)13-18(26)14-23(25)29/h16-25,28-30H,6-15H2,1-5H3/t17?,18?,19-,20?,21?,22?,23?,24+,25?,26?,27?/m1/s1. The lowest BCUT2D eigenvalue weighted by atomic mass is 9.43. The fraction of sp³-hybridized carbons (Fsp3) is 1.00. The van der Waals surface area contributed by atoms with Gasteiger partial charge in [0, 0.05) is 0 Å². The van der Waals surface area contributed by atoms with Crippen LogP contribution < -0.4 is 0 Å². The minimum Gasteiger partial charge on any atom is -0.393 e. The molecule has 0 heterocycles. The highest BCUT2D eigenvalue weighted by Crippen LogP contribution is 2.68. The predicted octanol–water partition coefficient (Wildman–Crippen LogP) is 5.41. The van der Waals surface area contributed by atoms with Gasteiger partial charge in [-0.1, -0.05) is 53.9 Å². The first kappa shape index (κ1) is 23.1. The van der Waals surface area contributed by atoms with Crippen LogP contribution >= 0.6 is 0 Å². The maximum absolute atomic E-state index is 11.6. The van der Waals surface area contributed by atoms with Gasteiger partial charge in [-0.3, -0.25) is 0 Å². The van der Waals surface area contributed by atoms with Crippen molar-refractivity contribution < 1.29 is 15.3 Å². The molecule has 0 spiro atoms. The second kappa shape index (κ2) is 8.34. The molecule has 0 aromatic heterocycles. The third-order valence-electron chi connectivity index (χ3n) is 11.0. The maximum Gasteiger partial charge on any atom is 0.0602 e. The van der Waals surface area contributed by atoms with Gasteiger partial charge in [0.15, 0.2) is 0 Å². The van der Waals surface area contributed by atoms with E-state index in [1.54, 1.807) is 0 Å². The summed E-state index contributed by atoms with van der Waals surface area (Å²) in [5.74, 6) is 3.59. The Labute approximate surface area is 185 Å². The first-order valence-electron chi connectivity index (χ1n) is 13.1. The first-order chi connectivity index (χ1) is 14.1. The molecule has 4 aliphatic rings. The van der Waals surface area contributed by atoms with Crippen LogP contribution in [0.1, 0.15) is 98.8 Å². The topological polar surface area (TPSA) is 60.7 Å². The molecular formula is C27H48O3. The van der Waals surface area contributed by atoms with Crippen molar-refractivity contribution in [3.63, 3.8) is 0 Å². The number of fused-ring (bicyclic) bond motifs is 5. The molecule has 174 valence electrons. The van der Waals surface area contributed by atoms with Crippen LogP contribution in [0.3, 0.4) is 0 Å². The summed E-state index contributed by atoms with van der Waals surface area (Å²) in [6.45, 7) is 11.8. The molecule has 4 rings (SSSR count). The number of aliphatic hydroxyl groups excluding tert-OH is 3. The van der Waals surface area contributed by atoms with Crippen molar-refractivity contribution in [3.8, 4) is 0 Å². The molecule has 0 aromatic rings. The van der Waals surface area contributed by atoms with E-state index >= 15 is 0 Å². The Balaban J connectivity index is 1.56. The molecule has 3 N–H and O–H groups in total. The number of aliphatic hydroxyl groups is 3. The number of hydrogen-bond acceptors (Lipinski definition) is 3. The highest BCUT2D eigenvalue weighted by molar-refractivity contribution is 5.14. The third kappa shape index (κ3) is 3.59. The molecule has 0 saturated heterocycles. The van der Waals surface area contributed by atoms with Gasteiger partial charge in [-0.2, -0.15) is 0 Å². The average molecular weight is 421 g/mol. The molecule has 3 nitrogen and oxygen atoms in total. The largest absolute Gasteiger partial charge is 0.393 e. The van der Waals surface area contributed by atoms with Gasteiger partial charge in [-0.05, 0) is 97.2 Å². The van der Waals surface area contributed by atoms with Crippen LogP contribution in [0.2, 0.25) is 0 Å². The molecule has 0 amide bonds. The van der Waals surface area contributed by atoms with E-state index in [9.17, 15) is 15.3 Å². The van der Waals surface area contributed by atoms with Gasteiger partial charge in [-0.25, -0.2) is 0 Å². The van der Waals surface area contributed by atoms with Gasteiger partial charge in [0.25, 0.3) is 0 Å². The summed E-state index contributed by atoms with van der Waals surface area (Å²) in [6.07, 6.45) is 10.0. The van der Waals surface area contributed by atoms with E-state index in [4.69, 9.17) is 0 Å². The Kier molecular flexibility index (Phi) is 6.41. The second-order valence-corrected chi connectivity index (χ2v) is 12.8. The molecule has 0 aromatic carbocycles. The Hall–Kier alpha value is -0.120. The maximum atomic E-state index is 11.6. The average Bonchev–Trinajstić information content (AvgIpc) is 3.02. The molecule has 11 atom stereocenters. The highest BCUT2D eigenvalue weighted by atomic mass is 16.3. The lowest BCUT2D eigenvalue weighted by Crippen LogP contribution is -2.62. The monoisotopic (exact) mass is 420 g/mol. The third-order valence-corrected chi connectivity index (χ3v) is 11.0. The van der Waals surface area contributed by atoms with Gasteiger partial charge in [0.2, 0.25) is 0 Å². The van der Waals surface area contributed by atoms with Crippen LogP contribution in [0.4, 0.5) is 0 Å². The van der Waals surface area contributed by atoms with Gasteiger partial charge < -0.3 is 15.3 Å². The molecule has 0 aliphatic heterocycles. The smallest absolute Gasteiger partial charge is 0.0602 e. The zero-order valence-corrected chi connectivity index (χ0v) is 20.2. The zero-order valence-electron chi connectivity index (χ0n) is 20.2. The van der Waals surface area contributed by atoms with Crippen molar-refractivity contribution in [2.75, 3.05) is 0 Å². The van der Waals surface area contributed by atoms with Gasteiger partial charge in [-0.15, -0.1) is 0 Å². The van der Waals surface area contributed by atoms with Crippen LogP contribution in [0.15, 0.2) is 0 Å². The molecule has 9 unspecified atom stereocenters. The van der Waals surface area contributed by atoms with Gasteiger partial charge in [0.05, 0.1) is 18.3 Å². The molecule has 3 heteroatoms. The quantitative estimate of drug-likeness (QED) is 0.557. The van der Waals surface area contributed by atoms with E-state index in [1.165, 1.54) is 32.1 Å². The lowest BCUT2D eigenvalue weighted by Gasteiger charge is -2.63. The summed E-state index contributed by atoms with van der Waals surface area (Å²) in [6, 6.07) is 0. The zero-order chi connectivity index (χ0) is 21.8. The van der Waals surface area contributed by atoms with E-state index in [-0.39, 0.29) is 29.1 Å². The van der Waals surface area contributed by atoms with E-state index in [1.807, 2.05) is 0 Å². The van der Waals surface area contributed by atoms with E-state index in [0.717, 1.165) is 38.0 Å². The van der Waals surface area contributed by atoms with Crippen LogP contribution in [0.5, 0.6) is 0 Å². The molecule has 0 radical (unpaired) electrons. The van der Waals surface area contributed by atoms with Crippen molar-refractivity contribution in [2.24, 2.45) is 52.3 Å². The SMILES string of the molecule is CC(C)CCCC(C)C1CCC2C3C(O)CC4C[C@H](O)CCC4(C)C3C[C@H](O)C12C. The van der Waals surface area contributed by atoms with Crippen LogP contribution in [0.25, 0.3) is 0 Å². The summed E-state index contributed by atoms with van der Waals surface area (Å²) in [7, 11) is 0. The minimum atomic E-state index is -0.259. The summed E-state index contributed by atoms with van der Waals surface area (Å²) in [5, 5.41) is 33.2. The fourth-order valence-electron chi connectivity index (χ4n) is 9.18. The van der Waals surface area contributed by atoms with Gasteiger partial charge in [0.1, 0.15) is 0 Å². The second-order valence-electron chi connectivity index (χ2n) is 12.8. The molecular weight excluding hydrogens is 372 g/mol. The summed E-state index contributed by atoms with van der Waals surface area (Å²) >= 11 is 0. The first-order valence-corrected chi connectivity index (χ1v) is 13.1. The van der Waals surface area contributed by atoms with Crippen molar-refractivity contribution >= 4 is 0 Å². The van der Waals surface area contributed by atoms with Crippen molar-refractivity contribution in [3.05, 3.63) is 0 Å². The van der Waals surface area contributed by atoms with Crippen molar-refractivity contribution in [1.29, 1.82) is 0 Å². The Morgan fingerprint density at radius 1 is 0.867 bits per heavy atom. The van der Waals surface area contributed by atoms with Crippen LogP contribution in [-0.2, 0) is 0 Å². The van der Waals surface area contributed by atoms with Crippen LogP contribution in [0, 0.1) is 52.3 Å². The lowest BCUT2D eigenvalue weighted by molar-refractivity contribution is -0.207. The fourth-order valence-corrected chi connectivity index (χ4v) is 9.18. The summed E-state index contributed by atoms with van der Waals surface area (Å²) in [5.41, 5.74) is 0.128.